The fourth-order valence-electron chi connectivity index (χ4n) is 3.70. The molecule has 1 N–H and O–H groups in total. The van der Waals surface area contributed by atoms with Gasteiger partial charge < -0.3 is 5.32 Å². The lowest BCUT2D eigenvalue weighted by Crippen LogP contribution is -2.47. The van der Waals surface area contributed by atoms with Crippen molar-refractivity contribution in [3.05, 3.63) is 29.3 Å². The van der Waals surface area contributed by atoms with Crippen LogP contribution in [0.2, 0.25) is 5.02 Å². The summed E-state index contributed by atoms with van der Waals surface area (Å²) in [6.07, 6.45) is 7.07. The van der Waals surface area contributed by atoms with E-state index >= 15 is 0 Å². The zero-order valence-corrected chi connectivity index (χ0v) is 15.9. The molecule has 25 heavy (non-hydrogen) atoms. The van der Waals surface area contributed by atoms with Gasteiger partial charge in [0.15, 0.2) is 0 Å². The number of carbonyl (C=O) groups is 1. The number of rotatable bonds is 4. The highest BCUT2D eigenvalue weighted by Gasteiger charge is 2.34. The maximum absolute atomic E-state index is 12.8. The van der Waals surface area contributed by atoms with Gasteiger partial charge in [-0.3, -0.25) is 4.79 Å². The molecule has 1 aliphatic carbocycles. The van der Waals surface area contributed by atoms with Crippen LogP contribution < -0.4 is 5.32 Å². The summed E-state index contributed by atoms with van der Waals surface area (Å²) in [5, 5.41) is 3.63. The number of amides is 1. The van der Waals surface area contributed by atoms with Gasteiger partial charge in [-0.05, 0) is 49.9 Å². The molecule has 0 bridgehead atoms. The van der Waals surface area contributed by atoms with E-state index in [1.54, 1.807) is 12.1 Å². The van der Waals surface area contributed by atoms with E-state index in [9.17, 15) is 13.2 Å². The standard InChI is InChI=1S/C18H25ClN2O3S/c19-15-8-10-17(11-9-15)25(23,24)21-12-4-5-14(13-21)18(22)20-16-6-2-1-3-7-16/h8-11,14,16H,1-7,12-13H2,(H,20,22)/t14-/m1/s1. The Balaban J connectivity index is 1.65. The van der Waals surface area contributed by atoms with E-state index in [4.69, 9.17) is 11.6 Å². The Hall–Kier alpha value is -1.11. The number of piperidine rings is 1. The Morgan fingerprint density at radius 2 is 1.72 bits per heavy atom. The molecule has 1 saturated carbocycles. The second-order valence-corrected chi connectivity index (χ2v) is 9.37. The number of nitrogens with zero attached hydrogens (tertiary/aromatic N) is 1. The Morgan fingerprint density at radius 3 is 2.40 bits per heavy atom. The second-order valence-electron chi connectivity index (χ2n) is 7.00. The largest absolute Gasteiger partial charge is 0.353 e. The molecule has 0 aromatic heterocycles. The van der Waals surface area contributed by atoms with Crippen LogP contribution in [0, 0.1) is 5.92 Å². The zero-order chi connectivity index (χ0) is 17.9. The first-order chi connectivity index (χ1) is 12.0. The van der Waals surface area contributed by atoms with Crippen LogP contribution in [0.25, 0.3) is 0 Å². The summed E-state index contributed by atoms with van der Waals surface area (Å²) in [6, 6.07) is 6.44. The van der Waals surface area contributed by atoms with Gasteiger partial charge in [-0.15, -0.1) is 0 Å². The zero-order valence-electron chi connectivity index (χ0n) is 14.3. The summed E-state index contributed by atoms with van der Waals surface area (Å²) >= 11 is 5.84. The maximum atomic E-state index is 12.8. The SMILES string of the molecule is O=C(NC1CCCCC1)[C@@H]1CCCN(S(=O)(=O)c2ccc(Cl)cc2)C1. The van der Waals surface area contributed by atoms with E-state index in [-0.39, 0.29) is 29.3 Å². The van der Waals surface area contributed by atoms with Crippen molar-refractivity contribution in [1.82, 2.24) is 9.62 Å². The van der Waals surface area contributed by atoms with Crippen molar-refractivity contribution in [2.75, 3.05) is 13.1 Å². The Kier molecular flexibility index (Phi) is 6.02. The molecular formula is C18H25ClN2O3S. The number of sulfonamides is 1. The van der Waals surface area contributed by atoms with Crippen molar-refractivity contribution >= 4 is 27.5 Å². The van der Waals surface area contributed by atoms with Crippen LogP contribution in [0.4, 0.5) is 0 Å². The molecule has 3 rings (SSSR count). The van der Waals surface area contributed by atoms with Crippen LogP contribution >= 0.6 is 11.6 Å². The predicted octanol–water partition coefficient (Wildman–Crippen LogP) is 3.19. The van der Waals surface area contributed by atoms with E-state index in [0.29, 0.717) is 18.0 Å². The highest BCUT2D eigenvalue weighted by Crippen LogP contribution is 2.25. The summed E-state index contributed by atoms with van der Waals surface area (Å²) in [5.41, 5.74) is 0. The molecule has 1 aliphatic heterocycles. The highest BCUT2D eigenvalue weighted by atomic mass is 35.5. The van der Waals surface area contributed by atoms with Gasteiger partial charge in [0.1, 0.15) is 0 Å². The van der Waals surface area contributed by atoms with Crippen LogP contribution in [-0.4, -0.2) is 37.8 Å². The first kappa shape index (κ1) is 18.7. The average Bonchev–Trinajstić information content (AvgIpc) is 2.63. The van der Waals surface area contributed by atoms with Crippen LogP contribution in [0.15, 0.2) is 29.2 Å². The Labute approximate surface area is 154 Å². The molecule has 0 spiro atoms. The van der Waals surface area contributed by atoms with E-state index in [0.717, 1.165) is 32.1 Å². The van der Waals surface area contributed by atoms with Gasteiger partial charge in [0.05, 0.1) is 10.8 Å². The molecule has 2 aliphatic rings. The average molecular weight is 385 g/mol. The van der Waals surface area contributed by atoms with E-state index < -0.39 is 10.0 Å². The number of halogens is 1. The number of carbonyl (C=O) groups excluding carboxylic acids is 1. The minimum absolute atomic E-state index is 0.00269. The molecule has 1 amide bonds. The predicted molar refractivity (Wildman–Crippen MR) is 98.0 cm³/mol. The summed E-state index contributed by atoms with van der Waals surface area (Å²) in [6.45, 7) is 0.710. The smallest absolute Gasteiger partial charge is 0.243 e. The van der Waals surface area contributed by atoms with Crippen LogP contribution in [-0.2, 0) is 14.8 Å². The molecule has 1 heterocycles. The van der Waals surface area contributed by atoms with Gasteiger partial charge in [0, 0.05) is 24.2 Å². The van der Waals surface area contributed by atoms with E-state index in [2.05, 4.69) is 5.32 Å². The van der Waals surface area contributed by atoms with Crippen molar-refractivity contribution in [1.29, 1.82) is 0 Å². The molecule has 0 radical (unpaired) electrons. The third kappa shape index (κ3) is 4.54. The van der Waals surface area contributed by atoms with Crippen molar-refractivity contribution < 1.29 is 13.2 Å². The van der Waals surface area contributed by atoms with Gasteiger partial charge >= 0.3 is 0 Å². The molecule has 1 aromatic rings. The van der Waals surface area contributed by atoms with Gasteiger partial charge in [-0.25, -0.2) is 8.42 Å². The lowest BCUT2D eigenvalue weighted by atomic mass is 9.93. The molecule has 2 fully saturated rings. The first-order valence-electron chi connectivity index (χ1n) is 9.03. The molecule has 1 atom stereocenters. The monoisotopic (exact) mass is 384 g/mol. The van der Waals surface area contributed by atoms with Crippen molar-refractivity contribution in [2.45, 2.75) is 55.9 Å². The molecule has 1 aromatic carbocycles. The molecule has 1 saturated heterocycles. The van der Waals surface area contributed by atoms with Gasteiger partial charge in [-0.2, -0.15) is 4.31 Å². The fourth-order valence-corrected chi connectivity index (χ4v) is 5.35. The molecule has 138 valence electrons. The molecular weight excluding hydrogens is 360 g/mol. The maximum Gasteiger partial charge on any atom is 0.243 e. The fraction of sp³-hybridized carbons (Fsp3) is 0.611. The first-order valence-corrected chi connectivity index (χ1v) is 10.8. The lowest BCUT2D eigenvalue weighted by Gasteiger charge is -2.32. The van der Waals surface area contributed by atoms with Crippen molar-refractivity contribution in [3.63, 3.8) is 0 Å². The Bertz CT molecular complexity index is 700. The minimum atomic E-state index is -3.58. The second kappa shape index (κ2) is 8.06. The highest BCUT2D eigenvalue weighted by molar-refractivity contribution is 7.89. The number of nitrogens with one attached hydrogen (secondary N) is 1. The summed E-state index contributed by atoms with van der Waals surface area (Å²) in [7, 11) is -3.58. The lowest BCUT2D eigenvalue weighted by molar-refractivity contribution is -0.127. The number of benzene rings is 1. The molecule has 5 nitrogen and oxygen atoms in total. The third-order valence-corrected chi connectivity index (χ3v) is 7.29. The summed E-state index contributed by atoms with van der Waals surface area (Å²) < 4.78 is 27.1. The Morgan fingerprint density at radius 1 is 1.04 bits per heavy atom. The molecule has 7 heteroatoms. The van der Waals surface area contributed by atoms with Crippen molar-refractivity contribution in [2.24, 2.45) is 5.92 Å². The third-order valence-electron chi connectivity index (χ3n) is 5.16. The van der Waals surface area contributed by atoms with Crippen LogP contribution in [0.5, 0.6) is 0 Å². The van der Waals surface area contributed by atoms with Crippen LogP contribution in [0.1, 0.15) is 44.9 Å². The van der Waals surface area contributed by atoms with Gasteiger partial charge in [-0.1, -0.05) is 30.9 Å². The summed E-state index contributed by atoms with van der Waals surface area (Å²) in [4.78, 5) is 12.8. The minimum Gasteiger partial charge on any atom is -0.353 e. The van der Waals surface area contributed by atoms with Gasteiger partial charge in [0.25, 0.3) is 0 Å². The summed E-state index contributed by atoms with van der Waals surface area (Å²) in [5.74, 6) is -0.263. The number of hydrogen-bond acceptors (Lipinski definition) is 3. The number of hydrogen-bond donors (Lipinski definition) is 1. The van der Waals surface area contributed by atoms with Crippen LogP contribution in [0.3, 0.4) is 0 Å². The molecule has 0 unspecified atom stereocenters. The van der Waals surface area contributed by atoms with Crippen molar-refractivity contribution in [3.8, 4) is 0 Å². The normalized spacial score (nSPS) is 23.3. The van der Waals surface area contributed by atoms with Gasteiger partial charge in [0.2, 0.25) is 15.9 Å². The van der Waals surface area contributed by atoms with E-state index in [1.165, 1.54) is 22.9 Å². The quantitative estimate of drug-likeness (QED) is 0.866. The topological polar surface area (TPSA) is 66.5 Å². The van der Waals surface area contributed by atoms with E-state index in [1.807, 2.05) is 0 Å².